The van der Waals surface area contributed by atoms with Gasteiger partial charge in [0.15, 0.2) is 0 Å². The van der Waals surface area contributed by atoms with Crippen molar-refractivity contribution in [1.29, 1.82) is 0 Å². The fraction of sp³-hybridized carbons (Fsp3) is 0.400. The minimum Gasteiger partial charge on any atom is -0.324 e. The van der Waals surface area contributed by atoms with Crippen LogP contribution in [0.2, 0.25) is 10.0 Å². The van der Waals surface area contributed by atoms with Gasteiger partial charge in [-0.2, -0.15) is 5.10 Å². The monoisotopic (exact) mass is 311 g/mol. The van der Waals surface area contributed by atoms with Gasteiger partial charge in [-0.25, -0.2) is 0 Å². The molecule has 0 aliphatic rings. The van der Waals surface area contributed by atoms with Crippen molar-refractivity contribution in [2.75, 3.05) is 0 Å². The molecule has 5 heteroatoms. The number of hydrogen-bond donors (Lipinski definition) is 1. The quantitative estimate of drug-likeness (QED) is 0.916. The van der Waals surface area contributed by atoms with Crippen molar-refractivity contribution >= 4 is 23.2 Å². The van der Waals surface area contributed by atoms with E-state index in [1.165, 1.54) is 0 Å². The lowest BCUT2D eigenvalue weighted by atomic mass is 10.0. The molecule has 0 aliphatic carbocycles. The van der Waals surface area contributed by atoms with Gasteiger partial charge >= 0.3 is 0 Å². The lowest BCUT2D eigenvalue weighted by molar-refractivity contribution is 0.650. The summed E-state index contributed by atoms with van der Waals surface area (Å²) in [5.41, 5.74) is 10.3. The number of aromatic nitrogens is 2. The van der Waals surface area contributed by atoms with E-state index >= 15 is 0 Å². The van der Waals surface area contributed by atoms with Gasteiger partial charge in [-0.05, 0) is 31.9 Å². The minimum atomic E-state index is 0.0265. The topological polar surface area (TPSA) is 43.8 Å². The van der Waals surface area contributed by atoms with Crippen molar-refractivity contribution in [1.82, 2.24) is 9.78 Å². The van der Waals surface area contributed by atoms with Crippen LogP contribution in [0.15, 0.2) is 18.2 Å². The molecule has 0 bridgehead atoms. The Labute approximate surface area is 129 Å². The van der Waals surface area contributed by atoms with Crippen LogP contribution >= 0.6 is 23.2 Å². The molecular formula is C15H19Cl2N3. The van der Waals surface area contributed by atoms with Crippen LogP contribution in [0.3, 0.4) is 0 Å². The first kappa shape index (κ1) is 15.4. The average Bonchev–Trinajstić information content (AvgIpc) is 2.69. The minimum absolute atomic E-state index is 0.0265. The van der Waals surface area contributed by atoms with E-state index in [0.29, 0.717) is 16.6 Å². The third kappa shape index (κ3) is 2.85. The normalized spacial score (nSPS) is 12.7. The summed E-state index contributed by atoms with van der Waals surface area (Å²) in [6.45, 7) is 6.72. The predicted molar refractivity (Wildman–Crippen MR) is 84.5 cm³/mol. The maximum absolute atomic E-state index is 6.23. The molecule has 20 heavy (non-hydrogen) atoms. The molecule has 1 heterocycles. The third-order valence-electron chi connectivity index (χ3n) is 3.60. The van der Waals surface area contributed by atoms with E-state index in [1.54, 1.807) is 6.07 Å². The Morgan fingerprint density at radius 3 is 2.65 bits per heavy atom. The van der Waals surface area contributed by atoms with Crippen molar-refractivity contribution in [3.05, 3.63) is 50.8 Å². The van der Waals surface area contributed by atoms with Crippen molar-refractivity contribution < 1.29 is 0 Å². The summed E-state index contributed by atoms with van der Waals surface area (Å²) in [5.74, 6) is 0. The zero-order chi connectivity index (χ0) is 14.9. The smallest absolute Gasteiger partial charge is 0.0677 e. The maximum atomic E-state index is 6.23. The molecule has 3 nitrogen and oxygen atoms in total. The van der Waals surface area contributed by atoms with Crippen LogP contribution in [-0.4, -0.2) is 9.78 Å². The SMILES string of the molecule is CCC(N)c1c(C)nn(Cc2cccc(Cl)c2Cl)c1C. The van der Waals surface area contributed by atoms with E-state index in [4.69, 9.17) is 28.9 Å². The molecule has 1 aromatic carbocycles. The largest absolute Gasteiger partial charge is 0.324 e. The molecular weight excluding hydrogens is 293 g/mol. The molecule has 1 atom stereocenters. The molecule has 1 unspecified atom stereocenters. The zero-order valence-corrected chi connectivity index (χ0v) is 13.5. The number of nitrogens with zero attached hydrogens (tertiary/aromatic N) is 2. The van der Waals surface area contributed by atoms with Gasteiger partial charge in [-0.1, -0.05) is 42.3 Å². The Balaban J connectivity index is 2.38. The molecule has 0 fully saturated rings. The number of benzene rings is 1. The van der Waals surface area contributed by atoms with Crippen molar-refractivity contribution in [3.8, 4) is 0 Å². The Bertz CT molecular complexity index is 620. The van der Waals surface area contributed by atoms with Crippen LogP contribution in [0.25, 0.3) is 0 Å². The molecule has 0 amide bonds. The molecule has 2 aromatic rings. The second-order valence-electron chi connectivity index (χ2n) is 4.97. The summed E-state index contributed by atoms with van der Waals surface area (Å²) >= 11 is 12.3. The van der Waals surface area contributed by atoms with E-state index in [9.17, 15) is 0 Å². The van der Waals surface area contributed by atoms with Gasteiger partial charge in [0.2, 0.25) is 0 Å². The standard InChI is InChI=1S/C15H19Cl2N3/c1-4-13(18)14-9(2)19-20(10(14)3)8-11-6-5-7-12(16)15(11)17/h5-7,13H,4,8,18H2,1-3H3. The van der Waals surface area contributed by atoms with E-state index in [1.807, 2.05) is 30.7 Å². The lowest BCUT2D eigenvalue weighted by Gasteiger charge is -2.11. The van der Waals surface area contributed by atoms with Crippen molar-refractivity contribution in [2.45, 2.75) is 39.8 Å². The number of hydrogen-bond acceptors (Lipinski definition) is 2. The highest BCUT2D eigenvalue weighted by Crippen LogP contribution is 2.28. The van der Waals surface area contributed by atoms with Gasteiger partial charge in [-0.15, -0.1) is 0 Å². The van der Waals surface area contributed by atoms with E-state index in [-0.39, 0.29) is 6.04 Å². The second-order valence-corrected chi connectivity index (χ2v) is 5.75. The molecule has 0 aliphatic heterocycles. The van der Waals surface area contributed by atoms with E-state index in [2.05, 4.69) is 12.0 Å². The summed E-state index contributed by atoms with van der Waals surface area (Å²) < 4.78 is 1.94. The highest BCUT2D eigenvalue weighted by Gasteiger charge is 2.17. The molecule has 1 aromatic heterocycles. The Morgan fingerprint density at radius 1 is 1.30 bits per heavy atom. The summed E-state index contributed by atoms with van der Waals surface area (Å²) in [6, 6.07) is 5.67. The van der Waals surface area contributed by atoms with Gasteiger partial charge in [0.25, 0.3) is 0 Å². The van der Waals surface area contributed by atoms with Gasteiger partial charge in [0.05, 0.1) is 22.3 Å². The Hall–Kier alpha value is -1.03. The Morgan fingerprint density at radius 2 is 2.00 bits per heavy atom. The summed E-state index contributed by atoms with van der Waals surface area (Å²) in [4.78, 5) is 0. The highest BCUT2D eigenvalue weighted by atomic mass is 35.5. The maximum Gasteiger partial charge on any atom is 0.0677 e. The molecule has 2 N–H and O–H groups in total. The number of nitrogens with two attached hydrogens (primary N) is 1. The molecule has 0 spiro atoms. The van der Waals surface area contributed by atoms with Crippen LogP contribution in [-0.2, 0) is 6.54 Å². The highest BCUT2D eigenvalue weighted by molar-refractivity contribution is 6.42. The van der Waals surface area contributed by atoms with Gasteiger partial charge in [-0.3, -0.25) is 4.68 Å². The summed E-state index contributed by atoms with van der Waals surface area (Å²) in [6.07, 6.45) is 0.894. The first-order chi connectivity index (χ1) is 9.45. The molecule has 0 saturated carbocycles. The fourth-order valence-electron chi connectivity index (χ4n) is 2.44. The predicted octanol–water partition coefficient (Wildman–Crippen LogP) is 4.26. The molecule has 0 saturated heterocycles. The van der Waals surface area contributed by atoms with Crippen molar-refractivity contribution in [3.63, 3.8) is 0 Å². The van der Waals surface area contributed by atoms with Crippen LogP contribution in [0.4, 0.5) is 0 Å². The van der Waals surface area contributed by atoms with Gasteiger partial charge in [0.1, 0.15) is 0 Å². The summed E-state index contributed by atoms with van der Waals surface area (Å²) in [5, 5.41) is 5.73. The molecule has 2 rings (SSSR count). The van der Waals surface area contributed by atoms with Gasteiger partial charge < -0.3 is 5.73 Å². The third-order valence-corrected chi connectivity index (χ3v) is 4.46. The van der Waals surface area contributed by atoms with Gasteiger partial charge in [0, 0.05) is 17.3 Å². The van der Waals surface area contributed by atoms with Crippen LogP contribution < -0.4 is 5.73 Å². The Kier molecular flexibility index (Phi) is 4.74. The number of aryl methyl sites for hydroxylation is 1. The number of halogens is 2. The zero-order valence-electron chi connectivity index (χ0n) is 12.0. The van der Waals surface area contributed by atoms with E-state index < -0.39 is 0 Å². The second kappa shape index (κ2) is 6.17. The average molecular weight is 312 g/mol. The van der Waals surface area contributed by atoms with Crippen LogP contribution in [0.5, 0.6) is 0 Å². The lowest BCUT2D eigenvalue weighted by Crippen LogP contribution is -2.11. The summed E-state index contributed by atoms with van der Waals surface area (Å²) in [7, 11) is 0. The van der Waals surface area contributed by atoms with Crippen LogP contribution in [0.1, 0.15) is 41.9 Å². The van der Waals surface area contributed by atoms with Crippen molar-refractivity contribution in [2.24, 2.45) is 5.73 Å². The van der Waals surface area contributed by atoms with E-state index in [0.717, 1.165) is 28.9 Å². The fourth-order valence-corrected chi connectivity index (χ4v) is 2.82. The first-order valence-electron chi connectivity index (χ1n) is 6.68. The number of rotatable bonds is 4. The molecule has 108 valence electrons. The van der Waals surface area contributed by atoms with Crippen LogP contribution in [0, 0.1) is 13.8 Å². The molecule has 0 radical (unpaired) electrons. The first-order valence-corrected chi connectivity index (χ1v) is 7.43.